The van der Waals surface area contributed by atoms with Gasteiger partial charge < -0.3 is 10.1 Å². The number of carbonyl (C=O) groups excluding carboxylic acids is 3. The van der Waals surface area contributed by atoms with Crippen LogP contribution in [-0.4, -0.2) is 24.3 Å². The third-order valence-electron chi connectivity index (χ3n) is 3.93. The highest BCUT2D eigenvalue weighted by Crippen LogP contribution is 2.34. The molecule has 0 bridgehead atoms. The highest BCUT2D eigenvalue weighted by atomic mass is 32.1. The molecule has 0 fully saturated rings. The van der Waals surface area contributed by atoms with Crippen molar-refractivity contribution in [2.24, 2.45) is 5.41 Å². The number of thiophene rings is 1. The number of hydrogen-bond acceptors (Lipinski definition) is 5. The van der Waals surface area contributed by atoms with Crippen LogP contribution in [0, 0.1) is 19.3 Å². The lowest BCUT2D eigenvalue weighted by Gasteiger charge is -2.17. The van der Waals surface area contributed by atoms with Crippen LogP contribution in [-0.2, 0) is 9.53 Å². The van der Waals surface area contributed by atoms with E-state index in [1.54, 1.807) is 52.0 Å². The van der Waals surface area contributed by atoms with Crippen molar-refractivity contribution in [3.05, 3.63) is 51.9 Å². The molecule has 26 heavy (non-hydrogen) atoms. The van der Waals surface area contributed by atoms with Crippen molar-refractivity contribution in [3.8, 4) is 0 Å². The summed E-state index contributed by atoms with van der Waals surface area (Å²) in [5.74, 6) is -1.07. The molecule has 0 saturated carbocycles. The number of ketones is 1. The number of aryl methyl sites for hydroxylation is 1. The zero-order valence-corrected chi connectivity index (χ0v) is 16.5. The summed E-state index contributed by atoms with van der Waals surface area (Å²) >= 11 is 1.33. The predicted octanol–water partition coefficient (Wildman–Crippen LogP) is 4.39. The molecule has 0 saturated heterocycles. The zero-order chi connectivity index (χ0) is 19.5. The Balaban J connectivity index is 2.15. The van der Waals surface area contributed by atoms with Crippen molar-refractivity contribution >= 4 is 34.0 Å². The van der Waals surface area contributed by atoms with Gasteiger partial charge in [0.15, 0.2) is 12.4 Å². The molecule has 0 aliphatic rings. The molecular weight excluding hydrogens is 350 g/mol. The smallest absolute Gasteiger partial charge is 0.341 e. The molecular formula is C20H23NO4S. The van der Waals surface area contributed by atoms with Crippen LogP contribution in [0.2, 0.25) is 0 Å². The second-order valence-electron chi connectivity index (χ2n) is 7.06. The van der Waals surface area contributed by atoms with E-state index in [0.717, 1.165) is 10.4 Å². The fourth-order valence-corrected chi connectivity index (χ4v) is 3.21. The van der Waals surface area contributed by atoms with Crippen molar-refractivity contribution in [3.63, 3.8) is 0 Å². The van der Waals surface area contributed by atoms with Gasteiger partial charge in [-0.05, 0) is 19.4 Å². The van der Waals surface area contributed by atoms with Crippen LogP contribution in [0.4, 0.5) is 5.00 Å². The molecule has 1 aromatic carbocycles. The fraction of sp³-hybridized carbons (Fsp3) is 0.350. The van der Waals surface area contributed by atoms with Crippen LogP contribution in [0.5, 0.6) is 0 Å². The van der Waals surface area contributed by atoms with E-state index in [4.69, 9.17) is 4.74 Å². The predicted molar refractivity (Wildman–Crippen MR) is 103 cm³/mol. The summed E-state index contributed by atoms with van der Waals surface area (Å²) in [4.78, 5) is 37.9. The molecule has 2 rings (SSSR count). The molecule has 138 valence electrons. The Labute approximate surface area is 157 Å². The maximum absolute atomic E-state index is 12.5. The number of hydrogen-bond donors (Lipinski definition) is 1. The quantitative estimate of drug-likeness (QED) is 0.623. The van der Waals surface area contributed by atoms with Gasteiger partial charge in [-0.15, -0.1) is 11.3 Å². The van der Waals surface area contributed by atoms with Crippen molar-refractivity contribution in [2.45, 2.75) is 34.6 Å². The van der Waals surface area contributed by atoms with Crippen LogP contribution < -0.4 is 5.32 Å². The van der Waals surface area contributed by atoms with Crippen LogP contribution in [0.3, 0.4) is 0 Å². The Morgan fingerprint density at radius 3 is 2.27 bits per heavy atom. The van der Waals surface area contributed by atoms with E-state index < -0.39 is 11.4 Å². The summed E-state index contributed by atoms with van der Waals surface area (Å²) in [6.45, 7) is 8.72. The number of benzene rings is 1. The highest BCUT2D eigenvalue weighted by molar-refractivity contribution is 7.16. The minimum atomic E-state index is -0.611. The molecule has 5 nitrogen and oxygen atoms in total. The molecule has 2 aromatic rings. The number of anilines is 1. The van der Waals surface area contributed by atoms with Crippen molar-refractivity contribution < 1.29 is 19.1 Å². The highest BCUT2D eigenvalue weighted by Gasteiger charge is 2.27. The van der Waals surface area contributed by atoms with Gasteiger partial charge in [0.25, 0.3) is 0 Å². The monoisotopic (exact) mass is 373 g/mol. The summed E-state index contributed by atoms with van der Waals surface area (Å²) in [5.41, 5.74) is 0.957. The number of esters is 1. The van der Waals surface area contributed by atoms with Gasteiger partial charge in [-0.1, -0.05) is 51.1 Å². The lowest BCUT2D eigenvalue weighted by Crippen LogP contribution is -2.28. The number of amides is 1. The Morgan fingerprint density at radius 1 is 1.08 bits per heavy atom. The lowest BCUT2D eigenvalue weighted by molar-refractivity contribution is -0.123. The molecule has 0 unspecified atom stereocenters. The van der Waals surface area contributed by atoms with Crippen LogP contribution in [0.25, 0.3) is 0 Å². The molecule has 0 spiro atoms. The molecule has 1 amide bonds. The number of carbonyl (C=O) groups is 3. The largest absolute Gasteiger partial charge is 0.454 e. The molecule has 1 N–H and O–H groups in total. The van der Waals surface area contributed by atoms with Gasteiger partial charge in [0.1, 0.15) is 5.00 Å². The van der Waals surface area contributed by atoms with Crippen molar-refractivity contribution in [1.29, 1.82) is 0 Å². The fourth-order valence-electron chi connectivity index (χ4n) is 2.16. The van der Waals surface area contributed by atoms with E-state index in [1.807, 2.05) is 13.0 Å². The average Bonchev–Trinajstić information content (AvgIpc) is 2.86. The van der Waals surface area contributed by atoms with Crippen molar-refractivity contribution in [2.75, 3.05) is 11.9 Å². The minimum absolute atomic E-state index is 0.187. The molecule has 0 aliphatic heterocycles. The van der Waals surface area contributed by atoms with Gasteiger partial charge in [0.2, 0.25) is 5.91 Å². The Morgan fingerprint density at radius 2 is 1.69 bits per heavy atom. The normalized spacial score (nSPS) is 11.1. The first-order valence-electron chi connectivity index (χ1n) is 8.28. The first kappa shape index (κ1) is 19.8. The van der Waals surface area contributed by atoms with Gasteiger partial charge in [-0.25, -0.2) is 4.79 Å². The Kier molecular flexibility index (Phi) is 5.97. The lowest BCUT2D eigenvalue weighted by atomic mass is 9.96. The number of rotatable bonds is 5. The average molecular weight is 373 g/mol. The summed E-state index contributed by atoms with van der Waals surface area (Å²) in [7, 11) is 0. The van der Waals surface area contributed by atoms with Gasteiger partial charge >= 0.3 is 5.97 Å². The second kappa shape index (κ2) is 7.83. The topological polar surface area (TPSA) is 72.5 Å². The number of ether oxygens (including phenoxy) is 1. The minimum Gasteiger partial charge on any atom is -0.454 e. The van der Waals surface area contributed by atoms with E-state index in [0.29, 0.717) is 16.1 Å². The Bertz CT molecular complexity index is 831. The van der Waals surface area contributed by atoms with E-state index in [2.05, 4.69) is 5.32 Å². The first-order chi connectivity index (χ1) is 12.1. The molecule has 0 aliphatic carbocycles. The van der Waals surface area contributed by atoms with Crippen molar-refractivity contribution in [1.82, 2.24) is 0 Å². The molecule has 6 heteroatoms. The van der Waals surface area contributed by atoms with E-state index in [-0.39, 0.29) is 18.3 Å². The SMILES string of the molecule is Cc1sc(NC(=O)C(C)(C)C)c(C(=O)OCC(=O)c2ccccc2)c1C. The standard InChI is InChI=1S/C20H23NO4S/c1-12-13(2)26-17(21-19(24)20(3,4)5)16(12)18(23)25-11-15(22)14-9-7-6-8-10-14/h6-10H,11H2,1-5H3,(H,21,24). The third kappa shape index (κ3) is 4.58. The van der Waals surface area contributed by atoms with Crippen LogP contribution >= 0.6 is 11.3 Å². The number of Topliss-reactive ketones (excluding diaryl/α,β-unsaturated/α-hetero) is 1. The zero-order valence-electron chi connectivity index (χ0n) is 15.6. The molecule has 0 atom stereocenters. The van der Waals surface area contributed by atoms with E-state index in [1.165, 1.54) is 11.3 Å². The summed E-state index contributed by atoms with van der Waals surface area (Å²) in [6.07, 6.45) is 0. The van der Waals surface area contributed by atoms with Crippen LogP contribution in [0.1, 0.15) is 51.9 Å². The van der Waals surface area contributed by atoms with Gasteiger partial charge in [0, 0.05) is 15.9 Å². The summed E-state index contributed by atoms with van der Waals surface area (Å²) in [5, 5.41) is 3.26. The maximum Gasteiger partial charge on any atom is 0.341 e. The molecule has 1 heterocycles. The number of nitrogens with one attached hydrogen (secondary N) is 1. The molecule has 0 radical (unpaired) electrons. The van der Waals surface area contributed by atoms with E-state index in [9.17, 15) is 14.4 Å². The summed E-state index contributed by atoms with van der Waals surface area (Å²) in [6, 6.07) is 8.66. The van der Waals surface area contributed by atoms with Gasteiger partial charge in [-0.2, -0.15) is 0 Å². The van der Waals surface area contributed by atoms with Gasteiger partial charge in [0.05, 0.1) is 5.56 Å². The maximum atomic E-state index is 12.5. The van der Waals surface area contributed by atoms with Crippen LogP contribution in [0.15, 0.2) is 30.3 Å². The first-order valence-corrected chi connectivity index (χ1v) is 9.09. The van der Waals surface area contributed by atoms with E-state index >= 15 is 0 Å². The Hall–Kier alpha value is -2.47. The molecule has 1 aromatic heterocycles. The second-order valence-corrected chi connectivity index (χ2v) is 8.28. The van der Waals surface area contributed by atoms with Gasteiger partial charge in [-0.3, -0.25) is 9.59 Å². The third-order valence-corrected chi connectivity index (χ3v) is 5.05. The summed E-state index contributed by atoms with van der Waals surface area (Å²) < 4.78 is 5.21.